The molecule has 1 aromatic rings. The van der Waals surface area contributed by atoms with Crippen LogP contribution in [0.2, 0.25) is 0 Å². The minimum absolute atomic E-state index is 0.0711. The first-order valence-electron chi connectivity index (χ1n) is 7.35. The summed E-state index contributed by atoms with van der Waals surface area (Å²) in [5, 5.41) is 0. The third-order valence-corrected chi connectivity index (χ3v) is 4.93. The number of benzene rings is 1. The van der Waals surface area contributed by atoms with Gasteiger partial charge >= 0.3 is 6.18 Å². The molecule has 1 aliphatic carbocycles. The molecule has 0 saturated heterocycles. The Kier molecular flexibility index (Phi) is 3.26. The molecule has 2 nitrogen and oxygen atoms in total. The molecule has 1 aliphatic heterocycles. The molecule has 0 spiro atoms. The zero-order chi connectivity index (χ0) is 16.3. The Morgan fingerprint density at radius 3 is 2.50 bits per heavy atom. The summed E-state index contributed by atoms with van der Waals surface area (Å²) in [6, 6.07) is 1.81. The van der Waals surface area contributed by atoms with Gasteiger partial charge in [0, 0.05) is 23.6 Å². The van der Waals surface area contributed by atoms with E-state index in [1.165, 1.54) is 12.1 Å². The lowest BCUT2D eigenvalue weighted by Crippen LogP contribution is -2.37. The second kappa shape index (κ2) is 4.60. The minimum atomic E-state index is -4.35. The van der Waals surface area contributed by atoms with Crippen molar-refractivity contribution in [2.45, 2.75) is 50.7 Å². The van der Waals surface area contributed by atoms with Crippen LogP contribution in [0.5, 0.6) is 5.75 Å². The third-order valence-electron chi connectivity index (χ3n) is 4.93. The topological polar surface area (TPSA) is 35.2 Å². The number of halogens is 4. The van der Waals surface area contributed by atoms with Gasteiger partial charge in [0.15, 0.2) is 0 Å². The summed E-state index contributed by atoms with van der Waals surface area (Å²) in [4.78, 5) is 0. The van der Waals surface area contributed by atoms with Crippen molar-refractivity contribution < 1.29 is 22.3 Å². The van der Waals surface area contributed by atoms with Crippen LogP contribution in [0.15, 0.2) is 12.1 Å². The van der Waals surface area contributed by atoms with Gasteiger partial charge in [-0.3, -0.25) is 0 Å². The number of hydrogen-bond donors (Lipinski definition) is 1. The maximum atomic E-state index is 13.8. The highest BCUT2D eigenvalue weighted by molar-refractivity contribution is 5.48. The van der Waals surface area contributed by atoms with Gasteiger partial charge in [-0.05, 0) is 30.4 Å². The van der Waals surface area contributed by atoms with Crippen molar-refractivity contribution in [2.24, 2.45) is 11.1 Å². The fourth-order valence-electron chi connectivity index (χ4n) is 3.62. The smallest absolute Gasteiger partial charge is 0.396 e. The van der Waals surface area contributed by atoms with Gasteiger partial charge in [0.25, 0.3) is 0 Å². The van der Waals surface area contributed by atoms with Gasteiger partial charge in [0.1, 0.15) is 11.6 Å². The molecule has 0 aromatic heterocycles. The van der Waals surface area contributed by atoms with Crippen LogP contribution in [-0.2, 0) is 11.8 Å². The molecular weight excluding hydrogens is 298 g/mol. The van der Waals surface area contributed by atoms with Crippen LogP contribution in [0.4, 0.5) is 17.6 Å². The molecule has 2 aliphatic rings. The Morgan fingerprint density at radius 2 is 1.95 bits per heavy atom. The van der Waals surface area contributed by atoms with Crippen LogP contribution in [0, 0.1) is 11.2 Å². The van der Waals surface area contributed by atoms with Crippen LogP contribution in [-0.4, -0.2) is 18.8 Å². The van der Waals surface area contributed by atoms with Gasteiger partial charge < -0.3 is 10.5 Å². The lowest BCUT2D eigenvalue weighted by molar-refractivity contribution is -0.194. The van der Waals surface area contributed by atoms with Crippen molar-refractivity contribution in [2.75, 3.05) is 6.61 Å². The van der Waals surface area contributed by atoms with Crippen LogP contribution >= 0.6 is 0 Å². The van der Waals surface area contributed by atoms with Gasteiger partial charge in [-0.2, -0.15) is 13.2 Å². The molecule has 1 saturated carbocycles. The Balaban J connectivity index is 1.98. The fraction of sp³-hybridized carbons (Fsp3) is 0.625. The van der Waals surface area contributed by atoms with E-state index in [0.29, 0.717) is 24.3 Å². The zero-order valence-corrected chi connectivity index (χ0v) is 12.6. The normalized spacial score (nSPS) is 27.5. The zero-order valence-electron chi connectivity index (χ0n) is 12.6. The predicted octanol–water partition coefficient (Wildman–Crippen LogP) is 3.71. The molecule has 6 heteroatoms. The largest absolute Gasteiger partial charge is 0.493 e. The minimum Gasteiger partial charge on any atom is -0.493 e. The highest BCUT2D eigenvalue weighted by Gasteiger charge is 2.70. The number of hydrogen-bond acceptors (Lipinski definition) is 2. The molecule has 1 heterocycles. The van der Waals surface area contributed by atoms with E-state index in [-0.39, 0.29) is 12.8 Å². The van der Waals surface area contributed by atoms with E-state index in [2.05, 4.69) is 0 Å². The summed E-state index contributed by atoms with van der Waals surface area (Å²) >= 11 is 0. The van der Waals surface area contributed by atoms with Crippen LogP contribution in [0.3, 0.4) is 0 Å². The van der Waals surface area contributed by atoms with E-state index in [1.807, 2.05) is 0 Å². The van der Waals surface area contributed by atoms with Gasteiger partial charge in [-0.1, -0.05) is 13.8 Å². The quantitative estimate of drug-likeness (QED) is 0.863. The van der Waals surface area contributed by atoms with Crippen LogP contribution in [0.1, 0.15) is 37.8 Å². The molecule has 122 valence electrons. The standard InChI is InChI=1S/C16H19F4NO/c1-14(2,8-15(7-12(15)21)16(18,19)20)11-6-10(17)5-9-3-4-22-13(9)11/h5-6,12H,3-4,7-8,21H2,1-2H3/t12-,15+/m0/s1. The van der Waals surface area contributed by atoms with Crippen molar-refractivity contribution in [3.05, 3.63) is 29.1 Å². The number of ether oxygens (including phenoxy) is 1. The summed E-state index contributed by atoms with van der Waals surface area (Å²) in [5.74, 6) is 0.103. The van der Waals surface area contributed by atoms with Crippen molar-refractivity contribution in [3.8, 4) is 5.75 Å². The Hall–Kier alpha value is -1.30. The summed E-state index contributed by atoms with van der Waals surface area (Å²) in [6.45, 7) is 3.83. The first-order chi connectivity index (χ1) is 10.1. The molecular formula is C16H19F4NO. The summed E-state index contributed by atoms with van der Waals surface area (Å²) in [5.41, 5.74) is 4.08. The van der Waals surface area contributed by atoms with Crippen molar-refractivity contribution in [1.29, 1.82) is 0 Å². The molecule has 3 rings (SSSR count). The van der Waals surface area contributed by atoms with Crippen molar-refractivity contribution in [1.82, 2.24) is 0 Å². The molecule has 0 amide bonds. The maximum Gasteiger partial charge on any atom is 0.396 e. The van der Waals surface area contributed by atoms with E-state index in [1.54, 1.807) is 13.8 Å². The van der Waals surface area contributed by atoms with Gasteiger partial charge in [0.2, 0.25) is 0 Å². The number of fused-ring (bicyclic) bond motifs is 1. The lowest BCUT2D eigenvalue weighted by atomic mass is 9.74. The molecule has 1 aromatic carbocycles. The average Bonchev–Trinajstić information content (AvgIpc) is 2.83. The summed E-state index contributed by atoms with van der Waals surface area (Å²) < 4.78 is 59.4. The predicted molar refractivity (Wildman–Crippen MR) is 74.3 cm³/mol. The second-order valence-corrected chi connectivity index (χ2v) is 7.07. The number of alkyl halides is 3. The van der Waals surface area contributed by atoms with E-state index < -0.39 is 28.9 Å². The van der Waals surface area contributed by atoms with Gasteiger partial charge in [0.05, 0.1) is 12.0 Å². The molecule has 0 unspecified atom stereocenters. The molecule has 1 fully saturated rings. The van der Waals surface area contributed by atoms with Crippen LogP contribution in [0.25, 0.3) is 0 Å². The summed E-state index contributed by atoms with van der Waals surface area (Å²) in [7, 11) is 0. The van der Waals surface area contributed by atoms with Gasteiger partial charge in [-0.25, -0.2) is 4.39 Å². The van der Waals surface area contributed by atoms with E-state index in [0.717, 1.165) is 5.56 Å². The molecule has 0 bridgehead atoms. The SMILES string of the molecule is CC(C)(C[C@]1(C(F)(F)F)C[C@@H]1N)c1cc(F)cc2c1OCC2. The molecule has 2 N–H and O–H groups in total. The Labute approximate surface area is 126 Å². The van der Waals surface area contributed by atoms with Crippen molar-refractivity contribution in [3.63, 3.8) is 0 Å². The highest BCUT2D eigenvalue weighted by atomic mass is 19.4. The molecule has 0 radical (unpaired) electrons. The Bertz CT molecular complexity index is 611. The number of nitrogens with two attached hydrogens (primary N) is 1. The van der Waals surface area contributed by atoms with E-state index in [9.17, 15) is 17.6 Å². The third kappa shape index (κ3) is 2.28. The van der Waals surface area contributed by atoms with E-state index >= 15 is 0 Å². The second-order valence-electron chi connectivity index (χ2n) is 7.07. The average molecular weight is 317 g/mol. The lowest BCUT2D eigenvalue weighted by Gasteiger charge is -2.33. The number of rotatable bonds is 3. The molecule has 22 heavy (non-hydrogen) atoms. The van der Waals surface area contributed by atoms with Crippen molar-refractivity contribution >= 4 is 0 Å². The molecule has 2 atom stereocenters. The summed E-state index contributed by atoms with van der Waals surface area (Å²) in [6.07, 6.45) is -4.00. The fourth-order valence-corrected chi connectivity index (χ4v) is 3.62. The monoisotopic (exact) mass is 317 g/mol. The van der Waals surface area contributed by atoms with E-state index in [4.69, 9.17) is 10.5 Å². The first kappa shape index (κ1) is 15.6. The van der Waals surface area contributed by atoms with Gasteiger partial charge in [-0.15, -0.1) is 0 Å². The Morgan fingerprint density at radius 1 is 1.32 bits per heavy atom. The first-order valence-corrected chi connectivity index (χ1v) is 7.35. The highest BCUT2D eigenvalue weighted by Crippen LogP contribution is 2.62. The maximum absolute atomic E-state index is 13.8. The van der Waals surface area contributed by atoms with Crippen LogP contribution < -0.4 is 10.5 Å².